The van der Waals surface area contributed by atoms with Crippen LogP contribution in [0.25, 0.3) is 0 Å². The zero-order valence-electron chi connectivity index (χ0n) is 13.8. The van der Waals surface area contributed by atoms with Crippen molar-refractivity contribution in [2.45, 2.75) is 57.5 Å². The second kappa shape index (κ2) is 6.87. The molecular formula is C18H27N3O2. The van der Waals surface area contributed by atoms with Crippen LogP contribution in [0.4, 0.5) is 0 Å². The first kappa shape index (κ1) is 16.2. The Labute approximate surface area is 138 Å². The highest BCUT2D eigenvalue weighted by atomic mass is 16.4. The number of nitrogens with zero attached hydrogens (tertiary/aromatic N) is 3. The summed E-state index contributed by atoms with van der Waals surface area (Å²) in [6, 6.07) is 0.578. The molecule has 0 radical (unpaired) electrons. The number of piperidine rings is 1. The molecule has 1 aliphatic carbocycles. The average molecular weight is 317 g/mol. The summed E-state index contributed by atoms with van der Waals surface area (Å²) in [6.07, 6.45) is 12.9. The second-order valence-electron chi connectivity index (χ2n) is 7.12. The van der Waals surface area contributed by atoms with Gasteiger partial charge in [-0.1, -0.05) is 18.9 Å². The van der Waals surface area contributed by atoms with Crippen LogP contribution in [-0.2, 0) is 11.3 Å². The average Bonchev–Trinajstić information content (AvgIpc) is 3.18. The van der Waals surface area contributed by atoms with E-state index in [2.05, 4.69) is 21.0 Å². The Hall–Kier alpha value is -1.62. The van der Waals surface area contributed by atoms with E-state index in [1.807, 2.05) is 12.5 Å². The summed E-state index contributed by atoms with van der Waals surface area (Å²) in [5.41, 5.74) is 0.551. The zero-order chi connectivity index (χ0) is 16.3. The van der Waals surface area contributed by atoms with Crippen molar-refractivity contribution in [1.82, 2.24) is 14.5 Å². The van der Waals surface area contributed by atoms with Gasteiger partial charge < -0.3 is 9.67 Å². The first-order chi connectivity index (χ1) is 11.1. The van der Waals surface area contributed by atoms with Crippen molar-refractivity contribution in [2.75, 3.05) is 13.1 Å². The van der Waals surface area contributed by atoms with Gasteiger partial charge in [0.05, 0.1) is 17.4 Å². The lowest BCUT2D eigenvalue weighted by molar-refractivity contribution is -0.152. The predicted molar refractivity (Wildman–Crippen MR) is 89.1 cm³/mol. The van der Waals surface area contributed by atoms with Crippen LogP contribution in [0.1, 0.15) is 56.7 Å². The van der Waals surface area contributed by atoms with Gasteiger partial charge in [0.15, 0.2) is 0 Å². The Morgan fingerprint density at radius 1 is 1.43 bits per heavy atom. The molecule has 126 valence electrons. The molecule has 0 bridgehead atoms. The fraction of sp³-hybridized carbons (Fsp3) is 0.667. The van der Waals surface area contributed by atoms with Gasteiger partial charge in [-0.25, -0.2) is 4.98 Å². The van der Waals surface area contributed by atoms with Crippen LogP contribution in [0.3, 0.4) is 0 Å². The number of carbonyl (C=O) groups is 1. The Bertz CT molecular complexity index is 562. The molecule has 1 aromatic heterocycles. The number of aromatic nitrogens is 2. The van der Waals surface area contributed by atoms with Crippen LogP contribution in [0, 0.1) is 5.41 Å². The Balaban J connectivity index is 1.71. The summed E-state index contributed by atoms with van der Waals surface area (Å²) < 4.78 is 2.32. The molecule has 1 saturated heterocycles. The highest BCUT2D eigenvalue weighted by molar-refractivity contribution is 5.75. The summed E-state index contributed by atoms with van der Waals surface area (Å²) in [6.45, 7) is 6.11. The molecule has 1 aliphatic heterocycles. The summed E-state index contributed by atoms with van der Waals surface area (Å²) in [7, 11) is 0. The second-order valence-corrected chi connectivity index (χ2v) is 7.12. The normalized spacial score (nSPS) is 26.4. The summed E-state index contributed by atoms with van der Waals surface area (Å²) in [5, 5.41) is 9.70. The molecule has 5 nitrogen and oxygen atoms in total. The molecule has 0 amide bonds. The van der Waals surface area contributed by atoms with Crippen molar-refractivity contribution in [1.29, 1.82) is 0 Å². The minimum atomic E-state index is -0.689. The summed E-state index contributed by atoms with van der Waals surface area (Å²) >= 11 is 0. The fourth-order valence-corrected chi connectivity index (χ4v) is 4.26. The van der Waals surface area contributed by atoms with Crippen molar-refractivity contribution >= 4 is 5.97 Å². The molecule has 23 heavy (non-hydrogen) atoms. The highest BCUT2D eigenvalue weighted by Gasteiger charge is 2.41. The SMILES string of the molecule is C=CC[C@]1(C(=O)O)CCCN(Cc2cncn2C2CCCC2)C1. The first-order valence-electron chi connectivity index (χ1n) is 8.72. The molecule has 1 saturated carbocycles. The third-order valence-corrected chi connectivity index (χ3v) is 5.49. The topological polar surface area (TPSA) is 58.4 Å². The third kappa shape index (κ3) is 3.34. The van der Waals surface area contributed by atoms with E-state index in [9.17, 15) is 9.90 Å². The Morgan fingerprint density at radius 2 is 2.22 bits per heavy atom. The highest BCUT2D eigenvalue weighted by Crippen LogP contribution is 2.35. The van der Waals surface area contributed by atoms with Crippen molar-refractivity contribution in [3.8, 4) is 0 Å². The maximum atomic E-state index is 11.8. The monoisotopic (exact) mass is 317 g/mol. The summed E-state index contributed by atoms with van der Waals surface area (Å²) in [5.74, 6) is -0.689. The Kier molecular flexibility index (Phi) is 4.85. The minimum Gasteiger partial charge on any atom is -0.481 e. The molecular weight excluding hydrogens is 290 g/mol. The largest absolute Gasteiger partial charge is 0.481 e. The van der Waals surface area contributed by atoms with Gasteiger partial charge in [0.2, 0.25) is 0 Å². The number of hydrogen-bond acceptors (Lipinski definition) is 3. The third-order valence-electron chi connectivity index (χ3n) is 5.49. The molecule has 0 aromatic carbocycles. The van der Waals surface area contributed by atoms with Crippen LogP contribution in [0.5, 0.6) is 0 Å². The van der Waals surface area contributed by atoms with E-state index in [0.29, 0.717) is 19.0 Å². The number of carboxylic acids is 1. The number of rotatable bonds is 6. The van der Waals surface area contributed by atoms with Gasteiger partial charge in [-0.05, 0) is 38.6 Å². The lowest BCUT2D eigenvalue weighted by Crippen LogP contribution is -2.47. The molecule has 2 heterocycles. The number of aliphatic carboxylic acids is 1. The number of imidazole rings is 1. The molecule has 5 heteroatoms. The van der Waals surface area contributed by atoms with Gasteiger partial charge in [-0.3, -0.25) is 9.69 Å². The minimum absolute atomic E-state index is 0.542. The Morgan fingerprint density at radius 3 is 2.91 bits per heavy atom. The van der Waals surface area contributed by atoms with Gasteiger partial charge in [-0.2, -0.15) is 0 Å². The molecule has 2 fully saturated rings. The number of hydrogen-bond donors (Lipinski definition) is 1. The smallest absolute Gasteiger partial charge is 0.311 e. The van der Waals surface area contributed by atoms with E-state index in [4.69, 9.17) is 0 Å². The van der Waals surface area contributed by atoms with Crippen molar-refractivity contribution in [3.05, 3.63) is 30.9 Å². The molecule has 0 spiro atoms. The van der Waals surface area contributed by atoms with Crippen LogP contribution in [0.2, 0.25) is 0 Å². The fourth-order valence-electron chi connectivity index (χ4n) is 4.26. The molecule has 1 N–H and O–H groups in total. The molecule has 3 rings (SSSR count). The number of carboxylic acid groups (broad SMARTS) is 1. The van der Waals surface area contributed by atoms with E-state index < -0.39 is 11.4 Å². The van der Waals surface area contributed by atoms with Gasteiger partial charge in [0.1, 0.15) is 0 Å². The molecule has 0 unspecified atom stereocenters. The number of likely N-dealkylation sites (tertiary alicyclic amines) is 1. The van der Waals surface area contributed by atoms with E-state index in [0.717, 1.165) is 25.9 Å². The lowest BCUT2D eigenvalue weighted by Gasteiger charge is -2.39. The van der Waals surface area contributed by atoms with Crippen LogP contribution >= 0.6 is 0 Å². The van der Waals surface area contributed by atoms with Crippen molar-refractivity contribution < 1.29 is 9.90 Å². The van der Waals surface area contributed by atoms with E-state index in [1.165, 1.54) is 31.4 Å². The first-order valence-corrected chi connectivity index (χ1v) is 8.72. The quantitative estimate of drug-likeness (QED) is 0.818. The molecule has 2 aliphatic rings. The van der Waals surface area contributed by atoms with Gasteiger partial charge in [0.25, 0.3) is 0 Å². The predicted octanol–water partition coefficient (Wildman–Crippen LogP) is 3.24. The maximum Gasteiger partial charge on any atom is 0.311 e. The van der Waals surface area contributed by atoms with E-state index in [1.54, 1.807) is 6.08 Å². The van der Waals surface area contributed by atoms with E-state index >= 15 is 0 Å². The van der Waals surface area contributed by atoms with Gasteiger partial charge in [0, 0.05) is 25.3 Å². The van der Waals surface area contributed by atoms with Crippen molar-refractivity contribution in [2.24, 2.45) is 5.41 Å². The van der Waals surface area contributed by atoms with Crippen LogP contribution in [-0.4, -0.2) is 38.6 Å². The molecule has 1 aromatic rings. The van der Waals surface area contributed by atoms with Crippen molar-refractivity contribution in [3.63, 3.8) is 0 Å². The van der Waals surface area contributed by atoms with Crippen LogP contribution < -0.4 is 0 Å². The van der Waals surface area contributed by atoms with E-state index in [-0.39, 0.29) is 0 Å². The zero-order valence-corrected chi connectivity index (χ0v) is 13.8. The molecule has 1 atom stereocenters. The maximum absolute atomic E-state index is 11.8. The standard InChI is InChI=1S/C18H27N3O2/c1-2-8-18(17(22)23)9-5-10-20(13-18)12-16-11-19-14-21(16)15-6-3-4-7-15/h2,11,14-15H,1,3-10,12-13H2,(H,22,23)/t18-/m0/s1. The van der Waals surface area contributed by atoms with Gasteiger partial charge in [-0.15, -0.1) is 6.58 Å². The van der Waals surface area contributed by atoms with Crippen LogP contribution in [0.15, 0.2) is 25.2 Å². The number of allylic oxidation sites excluding steroid dienone is 1. The summed E-state index contributed by atoms with van der Waals surface area (Å²) in [4.78, 5) is 18.4. The lowest BCUT2D eigenvalue weighted by atomic mass is 9.77. The van der Waals surface area contributed by atoms with Gasteiger partial charge >= 0.3 is 5.97 Å².